The molecule has 0 amide bonds. The Kier molecular flexibility index (Phi) is 6.32. The molecule has 2 unspecified atom stereocenters. The molecule has 0 aliphatic rings. The van der Waals surface area contributed by atoms with Gasteiger partial charge in [-0.05, 0) is 45.6 Å². The molecule has 0 aromatic carbocycles. The molecule has 30 heavy (non-hydrogen) atoms. The van der Waals surface area contributed by atoms with Gasteiger partial charge in [0.2, 0.25) is 0 Å². The molecule has 0 fully saturated rings. The van der Waals surface area contributed by atoms with Crippen molar-refractivity contribution in [2.24, 2.45) is 5.92 Å². The molecule has 2 atom stereocenters. The van der Waals surface area contributed by atoms with Gasteiger partial charge in [0.1, 0.15) is 0 Å². The standard InChI is InChI=1S/C22H24F2N5.Cr/c1-13(8-27(4)5)15(3)20-12-29-11-17(7-19(24)22(29)26-20)16-6-18(23)21-25-14(2)9-28(21)10-16;/h6-7,9-13,15H,1,8H2,2-5H3;/q-1;. The zero-order chi connectivity index (χ0) is 20.9. The number of hydrogen-bond donors (Lipinski definition) is 0. The van der Waals surface area contributed by atoms with Crippen LogP contribution in [0.1, 0.15) is 24.2 Å². The Labute approximate surface area is 185 Å². The number of aromatic nitrogens is 4. The van der Waals surface area contributed by atoms with E-state index in [9.17, 15) is 8.78 Å². The number of fused-ring (bicyclic) bond motifs is 2. The van der Waals surface area contributed by atoms with Crippen LogP contribution >= 0.6 is 0 Å². The molecule has 0 aliphatic heterocycles. The molecule has 4 rings (SSSR count). The Hall–Kier alpha value is -2.27. The quantitative estimate of drug-likeness (QED) is 0.426. The maximum Gasteiger partial charge on any atom is 0.173 e. The minimum atomic E-state index is -0.448. The van der Waals surface area contributed by atoms with Crippen molar-refractivity contribution < 1.29 is 26.1 Å². The average Bonchev–Trinajstić information content (AvgIpc) is 3.23. The summed E-state index contributed by atoms with van der Waals surface area (Å²) in [6.07, 6.45) is 7.10. The molecule has 0 bridgehead atoms. The molecule has 0 spiro atoms. The first-order valence-electron chi connectivity index (χ1n) is 9.54. The topological polar surface area (TPSA) is 37.8 Å². The molecule has 0 N–H and O–H groups in total. The molecule has 4 heterocycles. The van der Waals surface area contributed by atoms with E-state index in [2.05, 4.69) is 21.8 Å². The van der Waals surface area contributed by atoms with E-state index < -0.39 is 11.6 Å². The van der Waals surface area contributed by atoms with Crippen molar-refractivity contribution in [2.45, 2.75) is 19.8 Å². The molecular formula is C22H24CrF2N5-. The van der Waals surface area contributed by atoms with Gasteiger partial charge in [0, 0.05) is 53.3 Å². The monoisotopic (exact) mass is 448 g/mol. The fourth-order valence-electron chi connectivity index (χ4n) is 3.66. The summed E-state index contributed by atoms with van der Waals surface area (Å²) >= 11 is 0. The molecular weight excluding hydrogens is 424 g/mol. The Morgan fingerprint density at radius 2 is 1.50 bits per heavy atom. The maximum absolute atomic E-state index is 14.8. The third-order valence-corrected chi connectivity index (χ3v) is 5.26. The first kappa shape index (κ1) is 22.4. The summed E-state index contributed by atoms with van der Waals surface area (Å²) in [7, 11) is 4.00. The predicted octanol–water partition coefficient (Wildman–Crippen LogP) is 4.35. The Bertz CT molecular complexity index is 1200. The second kappa shape index (κ2) is 8.46. The van der Waals surface area contributed by atoms with Crippen molar-refractivity contribution in [2.75, 3.05) is 20.6 Å². The molecule has 0 saturated heterocycles. The number of imidazole rings is 2. The zero-order valence-corrected chi connectivity index (χ0v) is 18.7. The number of pyridine rings is 2. The van der Waals surface area contributed by atoms with Gasteiger partial charge in [-0.3, -0.25) is 0 Å². The van der Waals surface area contributed by atoms with Crippen molar-refractivity contribution >= 4 is 11.3 Å². The summed E-state index contributed by atoms with van der Waals surface area (Å²) < 4.78 is 32.6. The van der Waals surface area contributed by atoms with E-state index in [0.717, 1.165) is 17.9 Å². The van der Waals surface area contributed by atoms with Gasteiger partial charge >= 0.3 is 0 Å². The number of nitrogens with zero attached hydrogens (tertiary/aromatic N) is 5. The molecule has 0 aliphatic carbocycles. The van der Waals surface area contributed by atoms with Gasteiger partial charge < -0.3 is 20.6 Å². The zero-order valence-electron chi connectivity index (χ0n) is 17.4. The van der Waals surface area contributed by atoms with Crippen LogP contribution in [0.4, 0.5) is 8.78 Å². The van der Waals surface area contributed by atoms with Crippen molar-refractivity contribution in [1.29, 1.82) is 0 Å². The first-order chi connectivity index (χ1) is 13.7. The fourth-order valence-corrected chi connectivity index (χ4v) is 3.66. The van der Waals surface area contributed by atoms with Crippen LogP contribution < -0.4 is 0 Å². The molecule has 4 aromatic heterocycles. The van der Waals surface area contributed by atoms with Gasteiger partial charge in [-0.15, -0.1) is 5.92 Å². The van der Waals surface area contributed by atoms with Crippen molar-refractivity contribution in [1.82, 2.24) is 23.7 Å². The molecule has 0 saturated carbocycles. The summed E-state index contributed by atoms with van der Waals surface area (Å²) in [5.74, 6) is -0.697. The van der Waals surface area contributed by atoms with Crippen molar-refractivity contribution in [3.05, 3.63) is 66.9 Å². The van der Waals surface area contributed by atoms with E-state index in [-0.39, 0.29) is 40.5 Å². The van der Waals surface area contributed by atoms with Gasteiger partial charge in [0.25, 0.3) is 0 Å². The number of halogens is 2. The number of rotatable bonds is 5. The molecule has 4 aromatic rings. The Morgan fingerprint density at radius 3 is 2.07 bits per heavy atom. The van der Waals surface area contributed by atoms with Gasteiger partial charge in [-0.2, -0.15) is 0 Å². The summed E-state index contributed by atoms with van der Waals surface area (Å²) in [5, 5.41) is 0. The fraction of sp³-hybridized carbons (Fsp3) is 0.318. The third kappa shape index (κ3) is 4.13. The Morgan fingerprint density at radius 1 is 0.967 bits per heavy atom. The second-order valence-corrected chi connectivity index (χ2v) is 7.97. The number of aryl methyl sites for hydroxylation is 1. The van der Waals surface area contributed by atoms with Crippen LogP contribution in [-0.2, 0) is 17.4 Å². The summed E-state index contributed by atoms with van der Waals surface area (Å²) in [4.78, 5) is 10.7. The van der Waals surface area contributed by atoms with Gasteiger partial charge in [-0.25, -0.2) is 18.7 Å². The van der Waals surface area contributed by atoms with Crippen LogP contribution in [0, 0.1) is 31.4 Å². The van der Waals surface area contributed by atoms with E-state index in [0.29, 0.717) is 11.1 Å². The summed E-state index contributed by atoms with van der Waals surface area (Å²) in [6, 6.07) is 2.77. The molecule has 5 nitrogen and oxygen atoms in total. The predicted molar refractivity (Wildman–Crippen MR) is 110 cm³/mol. The van der Waals surface area contributed by atoms with Crippen molar-refractivity contribution in [3.63, 3.8) is 0 Å². The summed E-state index contributed by atoms with van der Waals surface area (Å²) in [6.45, 7) is 8.88. The van der Waals surface area contributed by atoms with Crippen LogP contribution in [0.2, 0.25) is 0 Å². The molecule has 0 radical (unpaired) electrons. The average molecular weight is 448 g/mol. The van der Waals surface area contributed by atoms with E-state index in [4.69, 9.17) is 0 Å². The van der Waals surface area contributed by atoms with Gasteiger partial charge in [0.05, 0.1) is 11.4 Å². The van der Waals surface area contributed by atoms with Crippen LogP contribution in [0.3, 0.4) is 0 Å². The van der Waals surface area contributed by atoms with Gasteiger partial charge in [-0.1, -0.05) is 6.92 Å². The van der Waals surface area contributed by atoms with Gasteiger partial charge in [0.15, 0.2) is 22.9 Å². The van der Waals surface area contributed by atoms with E-state index in [1.165, 1.54) is 12.1 Å². The van der Waals surface area contributed by atoms with Crippen LogP contribution in [-0.4, -0.2) is 44.3 Å². The smallest absolute Gasteiger partial charge is 0.173 e. The second-order valence-electron chi connectivity index (χ2n) is 7.97. The van der Waals surface area contributed by atoms with Crippen molar-refractivity contribution in [3.8, 4) is 11.1 Å². The molecule has 8 heteroatoms. The maximum atomic E-state index is 14.8. The first-order valence-corrected chi connectivity index (χ1v) is 9.54. The third-order valence-electron chi connectivity index (χ3n) is 5.26. The number of hydrogen-bond acceptors (Lipinski definition) is 3. The minimum absolute atomic E-state index is 0. The van der Waals surface area contributed by atoms with Crippen LogP contribution in [0.5, 0.6) is 0 Å². The molecule has 158 valence electrons. The van der Waals surface area contributed by atoms with E-state index >= 15 is 0 Å². The van der Waals surface area contributed by atoms with E-state index in [1.807, 2.05) is 27.2 Å². The van der Waals surface area contributed by atoms with Crippen LogP contribution in [0.15, 0.2) is 36.9 Å². The SMILES string of the molecule is [CH2-]C(CN(C)C)C(C)c1cn2cc(-c3cc(F)c4nc(C)cn4c3)cc(F)c2n1.[Cr]. The summed E-state index contributed by atoms with van der Waals surface area (Å²) in [5.41, 5.74) is 3.16. The van der Waals surface area contributed by atoms with Crippen LogP contribution in [0.25, 0.3) is 22.4 Å². The van der Waals surface area contributed by atoms with E-state index in [1.54, 1.807) is 34.3 Å². The Balaban J connectivity index is 0.00000256. The minimum Gasteiger partial charge on any atom is -0.338 e. The normalized spacial score (nSPS) is 13.7. The largest absolute Gasteiger partial charge is 0.338 e.